The zero-order chi connectivity index (χ0) is 16.8. The van der Waals surface area contributed by atoms with Gasteiger partial charge in [0.15, 0.2) is 0 Å². The molecule has 1 amide bonds. The van der Waals surface area contributed by atoms with Gasteiger partial charge in [-0.1, -0.05) is 36.4 Å². The molecular formula is C18H14F2N2O. The van der Waals surface area contributed by atoms with Crippen molar-refractivity contribution in [2.45, 2.75) is 13.0 Å². The van der Waals surface area contributed by atoms with E-state index in [2.05, 4.69) is 5.32 Å². The standard InChI is InChI=1S/C18H14F2N2O/c1-12(13-6-3-2-4-7-13)22-18(23)14(11-21)10-15-16(19)8-5-9-17(15)20/h2-10,12H,1H3,(H,22,23)/b14-10+. The van der Waals surface area contributed by atoms with Gasteiger partial charge in [-0.3, -0.25) is 4.79 Å². The summed E-state index contributed by atoms with van der Waals surface area (Å²) in [7, 11) is 0. The monoisotopic (exact) mass is 312 g/mol. The van der Waals surface area contributed by atoms with Crippen LogP contribution in [0.3, 0.4) is 0 Å². The predicted octanol–water partition coefficient (Wildman–Crippen LogP) is 3.75. The van der Waals surface area contributed by atoms with Crippen molar-refractivity contribution in [2.24, 2.45) is 0 Å². The summed E-state index contributed by atoms with van der Waals surface area (Å²) in [6.45, 7) is 1.76. The smallest absolute Gasteiger partial charge is 0.262 e. The van der Waals surface area contributed by atoms with Crippen LogP contribution >= 0.6 is 0 Å². The third-order valence-corrected chi connectivity index (χ3v) is 3.30. The maximum absolute atomic E-state index is 13.6. The third-order valence-electron chi connectivity index (χ3n) is 3.30. The van der Waals surface area contributed by atoms with E-state index in [0.717, 1.165) is 23.8 Å². The number of nitrogens with zero attached hydrogens (tertiary/aromatic N) is 1. The fourth-order valence-electron chi connectivity index (χ4n) is 2.04. The van der Waals surface area contributed by atoms with Gasteiger partial charge in [0, 0.05) is 5.56 Å². The largest absolute Gasteiger partial charge is 0.345 e. The normalized spacial score (nSPS) is 12.3. The molecule has 1 atom stereocenters. The average molecular weight is 312 g/mol. The average Bonchev–Trinajstić information content (AvgIpc) is 2.55. The van der Waals surface area contributed by atoms with Gasteiger partial charge in [-0.2, -0.15) is 5.26 Å². The van der Waals surface area contributed by atoms with Crippen molar-refractivity contribution in [1.29, 1.82) is 5.26 Å². The van der Waals surface area contributed by atoms with Crippen LogP contribution < -0.4 is 5.32 Å². The molecule has 0 saturated heterocycles. The van der Waals surface area contributed by atoms with E-state index >= 15 is 0 Å². The van der Waals surface area contributed by atoms with E-state index in [9.17, 15) is 13.6 Å². The maximum atomic E-state index is 13.6. The van der Waals surface area contributed by atoms with Crippen LogP contribution in [0.4, 0.5) is 8.78 Å². The lowest BCUT2D eigenvalue weighted by molar-refractivity contribution is -0.117. The Labute approximate surface area is 132 Å². The van der Waals surface area contributed by atoms with Gasteiger partial charge in [0.25, 0.3) is 5.91 Å². The van der Waals surface area contributed by atoms with Gasteiger partial charge in [-0.15, -0.1) is 0 Å². The first-order chi connectivity index (χ1) is 11.0. The minimum Gasteiger partial charge on any atom is -0.345 e. The van der Waals surface area contributed by atoms with E-state index in [4.69, 9.17) is 5.26 Å². The molecule has 116 valence electrons. The Morgan fingerprint density at radius 1 is 1.13 bits per heavy atom. The van der Waals surface area contributed by atoms with Gasteiger partial charge in [-0.05, 0) is 30.7 Å². The van der Waals surface area contributed by atoms with Crippen molar-refractivity contribution in [3.05, 3.63) is 76.9 Å². The highest BCUT2D eigenvalue weighted by atomic mass is 19.1. The number of benzene rings is 2. The topological polar surface area (TPSA) is 52.9 Å². The first-order valence-corrected chi connectivity index (χ1v) is 6.94. The molecule has 0 aromatic heterocycles. The Morgan fingerprint density at radius 3 is 2.30 bits per heavy atom. The summed E-state index contributed by atoms with van der Waals surface area (Å²) >= 11 is 0. The zero-order valence-electron chi connectivity index (χ0n) is 12.4. The highest BCUT2D eigenvalue weighted by molar-refractivity contribution is 6.01. The molecular weight excluding hydrogens is 298 g/mol. The van der Waals surface area contributed by atoms with Crippen LogP contribution in [0.5, 0.6) is 0 Å². The summed E-state index contributed by atoms with van der Waals surface area (Å²) in [4.78, 5) is 12.1. The zero-order valence-corrected chi connectivity index (χ0v) is 12.4. The Hall–Kier alpha value is -3.00. The van der Waals surface area contributed by atoms with Gasteiger partial charge >= 0.3 is 0 Å². The first-order valence-electron chi connectivity index (χ1n) is 6.94. The van der Waals surface area contributed by atoms with Crippen LogP contribution in [0, 0.1) is 23.0 Å². The van der Waals surface area contributed by atoms with Gasteiger partial charge in [0.1, 0.15) is 23.3 Å². The van der Waals surface area contributed by atoms with Crippen LogP contribution in [0.15, 0.2) is 54.1 Å². The second-order valence-electron chi connectivity index (χ2n) is 4.91. The number of halogens is 2. The van der Waals surface area contributed by atoms with Crippen molar-refractivity contribution < 1.29 is 13.6 Å². The number of carbonyl (C=O) groups excluding carboxylic acids is 1. The number of hydrogen-bond acceptors (Lipinski definition) is 2. The second-order valence-corrected chi connectivity index (χ2v) is 4.91. The van der Waals surface area contributed by atoms with Gasteiger partial charge < -0.3 is 5.32 Å². The summed E-state index contributed by atoms with van der Waals surface area (Å²) in [5.74, 6) is -2.35. The Kier molecular flexibility index (Phi) is 5.21. The molecule has 2 rings (SSSR count). The number of amides is 1. The molecule has 0 aliphatic heterocycles. The summed E-state index contributed by atoms with van der Waals surface area (Å²) in [6.07, 6.45) is 0.914. The lowest BCUT2D eigenvalue weighted by Crippen LogP contribution is -2.27. The molecule has 0 bridgehead atoms. The first kappa shape index (κ1) is 16.4. The van der Waals surface area contributed by atoms with Crippen LogP contribution in [-0.4, -0.2) is 5.91 Å². The molecule has 2 aromatic carbocycles. The third kappa shape index (κ3) is 4.01. The van der Waals surface area contributed by atoms with Crippen molar-refractivity contribution in [3.63, 3.8) is 0 Å². The van der Waals surface area contributed by atoms with Crippen LogP contribution in [0.1, 0.15) is 24.1 Å². The molecule has 0 radical (unpaired) electrons. The number of nitrogens with one attached hydrogen (secondary N) is 1. The molecule has 1 N–H and O–H groups in total. The van der Waals surface area contributed by atoms with Crippen molar-refractivity contribution >= 4 is 12.0 Å². The molecule has 3 nitrogen and oxygen atoms in total. The summed E-state index contributed by atoms with van der Waals surface area (Å²) in [5.41, 5.74) is 0.0820. The fraction of sp³-hybridized carbons (Fsp3) is 0.111. The predicted molar refractivity (Wildman–Crippen MR) is 82.9 cm³/mol. The van der Waals surface area contributed by atoms with Crippen LogP contribution in [0.2, 0.25) is 0 Å². The van der Waals surface area contributed by atoms with Crippen molar-refractivity contribution in [2.75, 3.05) is 0 Å². The Bertz CT molecular complexity index is 759. The minimum absolute atomic E-state index is 0.342. The molecule has 0 fully saturated rings. The van der Waals surface area contributed by atoms with Gasteiger partial charge in [0.2, 0.25) is 0 Å². The molecule has 0 saturated carbocycles. The van der Waals surface area contributed by atoms with E-state index in [1.165, 1.54) is 6.07 Å². The summed E-state index contributed by atoms with van der Waals surface area (Å²) < 4.78 is 27.2. The maximum Gasteiger partial charge on any atom is 0.262 e. The molecule has 0 aliphatic rings. The lowest BCUT2D eigenvalue weighted by atomic mass is 10.1. The number of hydrogen-bond donors (Lipinski definition) is 1. The van der Waals surface area contributed by atoms with E-state index in [1.807, 2.05) is 30.3 Å². The van der Waals surface area contributed by atoms with E-state index in [-0.39, 0.29) is 11.6 Å². The van der Waals surface area contributed by atoms with E-state index in [0.29, 0.717) is 0 Å². The van der Waals surface area contributed by atoms with Gasteiger partial charge in [0.05, 0.1) is 6.04 Å². The minimum atomic E-state index is -0.832. The van der Waals surface area contributed by atoms with E-state index in [1.54, 1.807) is 13.0 Å². The van der Waals surface area contributed by atoms with Crippen molar-refractivity contribution in [3.8, 4) is 6.07 Å². The summed E-state index contributed by atoms with van der Waals surface area (Å²) in [6, 6.07) is 13.8. The molecule has 0 spiro atoms. The quantitative estimate of drug-likeness (QED) is 0.690. The Morgan fingerprint density at radius 2 is 1.74 bits per heavy atom. The molecule has 2 aromatic rings. The van der Waals surface area contributed by atoms with Crippen LogP contribution in [0.25, 0.3) is 6.08 Å². The second kappa shape index (κ2) is 7.32. The van der Waals surface area contributed by atoms with Crippen LogP contribution in [-0.2, 0) is 4.79 Å². The summed E-state index contributed by atoms with van der Waals surface area (Å²) in [5, 5.41) is 11.7. The molecule has 1 unspecified atom stereocenters. The van der Waals surface area contributed by atoms with Crippen molar-refractivity contribution in [1.82, 2.24) is 5.32 Å². The molecule has 0 aliphatic carbocycles. The highest BCUT2D eigenvalue weighted by Gasteiger charge is 2.15. The number of rotatable bonds is 4. The highest BCUT2D eigenvalue weighted by Crippen LogP contribution is 2.17. The molecule has 5 heteroatoms. The van der Waals surface area contributed by atoms with E-state index < -0.39 is 23.1 Å². The fourth-order valence-corrected chi connectivity index (χ4v) is 2.04. The number of nitriles is 1. The number of carbonyl (C=O) groups is 1. The molecule has 23 heavy (non-hydrogen) atoms. The Balaban J connectivity index is 2.23. The molecule has 0 heterocycles. The van der Waals surface area contributed by atoms with Gasteiger partial charge in [-0.25, -0.2) is 8.78 Å². The SMILES string of the molecule is CC(NC(=O)/C(C#N)=C/c1c(F)cccc1F)c1ccccc1. The lowest BCUT2D eigenvalue weighted by Gasteiger charge is -2.13.